The summed E-state index contributed by atoms with van der Waals surface area (Å²) in [6, 6.07) is 9.04. The van der Waals surface area contributed by atoms with Gasteiger partial charge in [0, 0.05) is 10.9 Å². The van der Waals surface area contributed by atoms with Crippen molar-refractivity contribution in [2.45, 2.75) is 6.92 Å². The van der Waals surface area contributed by atoms with Crippen molar-refractivity contribution in [3.05, 3.63) is 64.2 Å². The van der Waals surface area contributed by atoms with Crippen LogP contribution in [-0.2, 0) is 0 Å². The number of nitrogens with zero attached hydrogens (tertiary/aromatic N) is 3. The summed E-state index contributed by atoms with van der Waals surface area (Å²) >= 11 is 1.39. The fourth-order valence-corrected chi connectivity index (χ4v) is 3.67. The van der Waals surface area contributed by atoms with Crippen LogP contribution >= 0.6 is 11.3 Å². The van der Waals surface area contributed by atoms with E-state index in [0.29, 0.717) is 34.1 Å². The summed E-state index contributed by atoms with van der Waals surface area (Å²) < 4.78 is 17.5. The van der Waals surface area contributed by atoms with Gasteiger partial charge in [0.25, 0.3) is 5.56 Å². The van der Waals surface area contributed by atoms with E-state index in [-0.39, 0.29) is 5.56 Å². The topological polar surface area (TPSA) is 78.9 Å². The van der Waals surface area contributed by atoms with Crippen LogP contribution in [0.4, 0.5) is 0 Å². The van der Waals surface area contributed by atoms with Gasteiger partial charge in [0.15, 0.2) is 11.5 Å². The van der Waals surface area contributed by atoms with E-state index in [4.69, 9.17) is 13.9 Å². The Bertz CT molecular complexity index is 1190. The number of fused-ring (bicyclic) bond motifs is 1. The van der Waals surface area contributed by atoms with Crippen molar-refractivity contribution < 1.29 is 13.9 Å². The summed E-state index contributed by atoms with van der Waals surface area (Å²) in [4.78, 5) is 17.9. The maximum atomic E-state index is 12.9. The molecule has 28 heavy (non-hydrogen) atoms. The summed E-state index contributed by atoms with van der Waals surface area (Å²) in [6.07, 6.45) is 4.56. The molecule has 0 saturated carbocycles. The monoisotopic (exact) mass is 395 g/mol. The van der Waals surface area contributed by atoms with Gasteiger partial charge >= 0.3 is 0 Å². The van der Waals surface area contributed by atoms with Crippen LogP contribution in [0, 0.1) is 0 Å². The predicted octanol–water partition coefficient (Wildman–Crippen LogP) is 4.01. The van der Waals surface area contributed by atoms with Gasteiger partial charge in [-0.1, -0.05) is 0 Å². The lowest BCUT2D eigenvalue weighted by Crippen LogP contribution is -2.16. The van der Waals surface area contributed by atoms with Gasteiger partial charge in [0.2, 0.25) is 0 Å². The molecule has 3 aromatic heterocycles. The van der Waals surface area contributed by atoms with Crippen LogP contribution in [0.2, 0.25) is 0 Å². The third-order valence-corrected chi connectivity index (χ3v) is 4.97. The second-order valence-electron chi connectivity index (χ2n) is 5.79. The summed E-state index contributed by atoms with van der Waals surface area (Å²) in [6.45, 7) is 2.45. The normalized spacial score (nSPS) is 11.4. The van der Waals surface area contributed by atoms with Gasteiger partial charge in [-0.15, -0.1) is 11.3 Å². The van der Waals surface area contributed by atoms with E-state index in [0.717, 1.165) is 11.1 Å². The van der Waals surface area contributed by atoms with E-state index in [1.54, 1.807) is 31.7 Å². The lowest BCUT2D eigenvalue weighted by Gasteiger charge is -2.09. The van der Waals surface area contributed by atoms with Gasteiger partial charge in [0.05, 0.1) is 31.6 Å². The molecule has 0 aliphatic rings. The van der Waals surface area contributed by atoms with Crippen molar-refractivity contribution in [2.75, 3.05) is 13.7 Å². The number of hydrogen-bond donors (Lipinski definition) is 0. The van der Waals surface area contributed by atoms with E-state index in [1.165, 1.54) is 22.3 Å². The smallest absolute Gasteiger partial charge is 0.283 e. The first kappa shape index (κ1) is 18.0. The van der Waals surface area contributed by atoms with Crippen LogP contribution in [0.1, 0.15) is 12.5 Å². The number of thiophene rings is 1. The zero-order chi connectivity index (χ0) is 19.5. The Morgan fingerprint density at radius 3 is 2.96 bits per heavy atom. The molecule has 0 aliphatic heterocycles. The number of methoxy groups -OCH3 is 1. The van der Waals surface area contributed by atoms with Gasteiger partial charge in [0.1, 0.15) is 16.9 Å². The highest BCUT2D eigenvalue weighted by molar-refractivity contribution is 7.17. The number of aromatic nitrogens is 2. The van der Waals surface area contributed by atoms with Crippen molar-refractivity contribution in [3.8, 4) is 22.8 Å². The number of hydrogen-bond acceptors (Lipinski definition) is 7. The predicted molar refractivity (Wildman–Crippen MR) is 109 cm³/mol. The fraction of sp³-hybridized carbons (Fsp3) is 0.150. The van der Waals surface area contributed by atoms with Crippen LogP contribution < -0.4 is 15.0 Å². The molecule has 0 bridgehead atoms. The van der Waals surface area contributed by atoms with Gasteiger partial charge in [-0.25, -0.2) is 4.98 Å². The molecule has 3 heterocycles. The molecule has 7 nitrogen and oxygen atoms in total. The molecular weight excluding hydrogens is 378 g/mol. The zero-order valence-corrected chi connectivity index (χ0v) is 16.1. The van der Waals surface area contributed by atoms with Crippen LogP contribution in [0.15, 0.2) is 62.6 Å². The van der Waals surface area contributed by atoms with Crippen LogP contribution in [0.5, 0.6) is 11.5 Å². The number of benzene rings is 1. The third-order valence-electron chi connectivity index (χ3n) is 4.08. The van der Waals surface area contributed by atoms with Crippen molar-refractivity contribution in [2.24, 2.45) is 5.10 Å². The molecule has 4 aromatic rings. The lowest BCUT2D eigenvalue weighted by atomic mass is 10.2. The molecule has 0 N–H and O–H groups in total. The Kier molecular flexibility index (Phi) is 4.94. The van der Waals surface area contributed by atoms with Gasteiger partial charge in [-0.3, -0.25) is 4.79 Å². The molecule has 142 valence electrons. The Labute approximate surface area is 164 Å². The molecular formula is C20H17N3O4S. The molecule has 0 amide bonds. The van der Waals surface area contributed by atoms with E-state index < -0.39 is 0 Å². The average Bonchev–Trinajstić information content (AvgIpc) is 3.38. The van der Waals surface area contributed by atoms with Crippen LogP contribution in [0.3, 0.4) is 0 Å². The summed E-state index contributed by atoms with van der Waals surface area (Å²) in [5.41, 5.74) is 1.23. The fourth-order valence-electron chi connectivity index (χ4n) is 2.79. The second kappa shape index (κ2) is 7.69. The minimum absolute atomic E-state index is 0.258. The summed E-state index contributed by atoms with van der Waals surface area (Å²) in [5.74, 6) is 1.89. The number of rotatable bonds is 6. The molecule has 1 aromatic carbocycles. The van der Waals surface area contributed by atoms with Crippen molar-refractivity contribution in [1.29, 1.82) is 0 Å². The SMILES string of the molecule is CCOc1ccc(/C=N\n2cnc3scc(-c4ccco4)c3c2=O)cc1OC. The lowest BCUT2D eigenvalue weighted by molar-refractivity contribution is 0.311. The van der Waals surface area contributed by atoms with Crippen molar-refractivity contribution in [3.63, 3.8) is 0 Å². The standard InChI is InChI=1S/C20H17N3O4S/c1-3-26-16-7-6-13(9-17(16)25-2)10-22-23-12-21-19-18(20(23)24)14(11-28-19)15-5-4-8-27-15/h4-12H,3H2,1-2H3/b22-10-. The minimum atomic E-state index is -0.258. The highest BCUT2D eigenvalue weighted by Gasteiger charge is 2.14. The van der Waals surface area contributed by atoms with Gasteiger partial charge < -0.3 is 13.9 Å². The van der Waals surface area contributed by atoms with Crippen LogP contribution in [0.25, 0.3) is 21.5 Å². The Morgan fingerprint density at radius 2 is 2.21 bits per heavy atom. The van der Waals surface area contributed by atoms with Crippen LogP contribution in [-0.4, -0.2) is 29.6 Å². The molecule has 0 fully saturated rings. The molecule has 0 radical (unpaired) electrons. The second-order valence-corrected chi connectivity index (χ2v) is 6.65. The molecule has 4 rings (SSSR count). The number of ether oxygens (including phenoxy) is 2. The molecule has 8 heteroatoms. The van der Waals surface area contributed by atoms with Crippen molar-refractivity contribution in [1.82, 2.24) is 9.66 Å². The number of furan rings is 1. The first-order valence-corrected chi connectivity index (χ1v) is 9.47. The Morgan fingerprint density at radius 1 is 1.32 bits per heavy atom. The van der Waals surface area contributed by atoms with E-state index >= 15 is 0 Å². The molecule has 0 aliphatic carbocycles. The molecule has 0 spiro atoms. The molecule has 0 unspecified atom stereocenters. The van der Waals surface area contributed by atoms with E-state index in [9.17, 15) is 4.79 Å². The van der Waals surface area contributed by atoms with E-state index in [2.05, 4.69) is 10.1 Å². The minimum Gasteiger partial charge on any atom is -0.493 e. The Balaban J connectivity index is 1.71. The quantitative estimate of drug-likeness (QED) is 0.461. The third kappa shape index (κ3) is 3.29. The summed E-state index contributed by atoms with van der Waals surface area (Å²) in [7, 11) is 1.58. The van der Waals surface area contributed by atoms with Crippen molar-refractivity contribution >= 4 is 27.8 Å². The zero-order valence-electron chi connectivity index (χ0n) is 15.3. The highest BCUT2D eigenvalue weighted by atomic mass is 32.1. The average molecular weight is 395 g/mol. The highest BCUT2D eigenvalue weighted by Crippen LogP contribution is 2.31. The molecule has 0 atom stereocenters. The van der Waals surface area contributed by atoms with E-state index in [1.807, 2.05) is 30.5 Å². The summed E-state index contributed by atoms with van der Waals surface area (Å²) in [5, 5.41) is 6.63. The largest absolute Gasteiger partial charge is 0.493 e. The maximum Gasteiger partial charge on any atom is 0.283 e. The van der Waals surface area contributed by atoms with Gasteiger partial charge in [-0.05, 0) is 42.8 Å². The first-order chi connectivity index (χ1) is 13.7. The Hall–Kier alpha value is -3.39. The molecule has 0 saturated heterocycles. The van der Waals surface area contributed by atoms with Gasteiger partial charge in [-0.2, -0.15) is 9.78 Å². The maximum absolute atomic E-state index is 12.9. The first-order valence-electron chi connectivity index (χ1n) is 8.59.